The van der Waals surface area contributed by atoms with Crippen LogP contribution in [-0.2, 0) is 4.74 Å². The average Bonchev–Trinajstić information content (AvgIpc) is 2.28. The van der Waals surface area contributed by atoms with Crippen molar-refractivity contribution in [3.05, 3.63) is 34.6 Å². The number of benzene rings is 1. The molecule has 0 atom stereocenters. The fourth-order valence-electron chi connectivity index (χ4n) is 1.16. The molecule has 1 aromatic carbocycles. The lowest BCUT2D eigenvalue weighted by molar-refractivity contribution is 0.0919. The third-order valence-electron chi connectivity index (χ3n) is 1.93. The molecule has 0 heterocycles. The molecule has 17 heavy (non-hydrogen) atoms. The summed E-state index contributed by atoms with van der Waals surface area (Å²) in [5, 5.41) is 2.78. The Bertz CT molecular complexity index is 388. The van der Waals surface area contributed by atoms with Crippen LogP contribution in [-0.4, -0.2) is 31.5 Å². The van der Waals surface area contributed by atoms with Gasteiger partial charge in [0.2, 0.25) is 0 Å². The summed E-state index contributed by atoms with van der Waals surface area (Å²) in [4.78, 5) is 11.5. The summed E-state index contributed by atoms with van der Waals surface area (Å²) in [6.07, 6.45) is 0. The molecular formula is C11H12Cl2FNO2. The number of rotatable bonds is 6. The summed E-state index contributed by atoms with van der Waals surface area (Å²) in [6, 6.07) is 3.90. The molecule has 0 saturated heterocycles. The van der Waals surface area contributed by atoms with Gasteiger partial charge in [-0.3, -0.25) is 4.79 Å². The molecule has 1 aromatic rings. The van der Waals surface area contributed by atoms with E-state index in [2.05, 4.69) is 5.32 Å². The van der Waals surface area contributed by atoms with Crippen LogP contribution in [0.1, 0.15) is 10.4 Å². The first-order valence-corrected chi connectivity index (χ1v) is 5.93. The van der Waals surface area contributed by atoms with Gasteiger partial charge in [-0.2, -0.15) is 0 Å². The van der Waals surface area contributed by atoms with E-state index in [9.17, 15) is 9.18 Å². The maximum absolute atomic E-state index is 13.3. The van der Waals surface area contributed by atoms with Gasteiger partial charge in [-0.1, -0.05) is 11.6 Å². The Labute approximate surface area is 109 Å². The maximum Gasteiger partial charge on any atom is 0.254 e. The third-order valence-corrected chi connectivity index (χ3v) is 2.32. The largest absolute Gasteiger partial charge is 0.378 e. The quantitative estimate of drug-likeness (QED) is 0.642. The number of hydrogen-bond acceptors (Lipinski definition) is 2. The summed E-state index contributed by atoms with van der Waals surface area (Å²) in [7, 11) is 0. The number of carbonyl (C=O) groups is 1. The van der Waals surface area contributed by atoms with E-state index in [1.165, 1.54) is 12.1 Å². The minimum Gasteiger partial charge on any atom is -0.378 e. The van der Waals surface area contributed by atoms with Crippen LogP contribution in [0.15, 0.2) is 18.2 Å². The molecule has 1 amide bonds. The van der Waals surface area contributed by atoms with E-state index in [0.717, 1.165) is 6.07 Å². The van der Waals surface area contributed by atoms with E-state index >= 15 is 0 Å². The van der Waals surface area contributed by atoms with Crippen molar-refractivity contribution in [2.45, 2.75) is 0 Å². The predicted octanol–water partition coefficient (Wildman–Crippen LogP) is 2.46. The van der Waals surface area contributed by atoms with Crippen molar-refractivity contribution in [3.8, 4) is 0 Å². The molecule has 0 spiro atoms. The van der Waals surface area contributed by atoms with E-state index < -0.39 is 11.7 Å². The Kier molecular flexibility index (Phi) is 6.26. The first kappa shape index (κ1) is 14.2. The minimum absolute atomic E-state index is 0.0354. The third kappa shape index (κ3) is 4.89. The van der Waals surface area contributed by atoms with Crippen LogP contribution in [0.25, 0.3) is 0 Å². The molecule has 3 nitrogen and oxygen atoms in total. The number of hydrogen-bond donors (Lipinski definition) is 1. The Hall–Kier alpha value is -0.840. The molecule has 0 aliphatic rings. The van der Waals surface area contributed by atoms with Crippen LogP contribution in [0.2, 0.25) is 5.02 Å². The van der Waals surface area contributed by atoms with E-state index in [1.54, 1.807) is 0 Å². The normalized spacial score (nSPS) is 10.3. The average molecular weight is 280 g/mol. The second-order valence-corrected chi connectivity index (χ2v) is 4.00. The van der Waals surface area contributed by atoms with Crippen molar-refractivity contribution in [3.63, 3.8) is 0 Å². The smallest absolute Gasteiger partial charge is 0.254 e. The topological polar surface area (TPSA) is 38.3 Å². The van der Waals surface area contributed by atoms with Gasteiger partial charge < -0.3 is 10.1 Å². The van der Waals surface area contributed by atoms with Crippen molar-refractivity contribution in [2.75, 3.05) is 25.6 Å². The van der Waals surface area contributed by atoms with Gasteiger partial charge in [0.05, 0.1) is 18.8 Å². The molecule has 0 aliphatic heterocycles. The van der Waals surface area contributed by atoms with Gasteiger partial charge >= 0.3 is 0 Å². The number of alkyl halides is 1. The van der Waals surface area contributed by atoms with Gasteiger partial charge in [0.1, 0.15) is 5.82 Å². The second kappa shape index (κ2) is 7.48. The van der Waals surface area contributed by atoms with Gasteiger partial charge in [0.15, 0.2) is 0 Å². The Morgan fingerprint density at radius 2 is 2.18 bits per heavy atom. The van der Waals surface area contributed by atoms with Gasteiger partial charge in [-0.05, 0) is 18.2 Å². The zero-order valence-electron chi connectivity index (χ0n) is 9.01. The highest BCUT2D eigenvalue weighted by Gasteiger charge is 2.10. The van der Waals surface area contributed by atoms with Crippen LogP contribution in [0.5, 0.6) is 0 Å². The first-order valence-electron chi connectivity index (χ1n) is 5.02. The lowest BCUT2D eigenvalue weighted by Gasteiger charge is -2.06. The first-order chi connectivity index (χ1) is 8.15. The summed E-state index contributed by atoms with van der Waals surface area (Å²) in [5.41, 5.74) is -0.0354. The molecule has 0 fully saturated rings. The Balaban J connectivity index is 2.42. The van der Waals surface area contributed by atoms with E-state index in [-0.39, 0.29) is 10.6 Å². The summed E-state index contributed by atoms with van der Waals surface area (Å²) >= 11 is 11.0. The van der Waals surface area contributed by atoms with Crippen LogP contribution < -0.4 is 5.32 Å². The van der Waals surface area contributed by atoms with Gasteiger partial charge in [-0.15, -0.1) is 11.6 Å². The molecule has 1 rings (SSSR count). The van der Waals surface area contributed by atoms with E-state index in [1.807, 2.05) is 0 Å². The predicted molar refractivity (Wildman–Crippen MR) is 65.3 cm³/mol. The maximum atomic E-state index is 13.3. The van der Waals surface area contributed by atoms with E-state index in [4.69, 9.17) is 27.9 Å². The van der Waals surface area contributed by atoms with Gasteiger partial charge in [0.25, 0.3) is 5.91 Å². The molecule has 6 heteroatoms. The fourth-order valence-corrected chi connectivity index (χ4v) is 1.43. The van der Waals surface area contributed by atoms with Crippen LogP contribution in [0.4, 0.5) is 4.39 Å². The molecule has 0 aliphatic carbocycles. The lowest BCUT2D eigenvalue weighted by atomic mass is 10.2. The molecule has 0 bridgehead atoms. The number of amides is 1. The van der Waals surface area contributed by atoms with Crippen molar-refractivity contribution in [1.82, 2.24) is 5.32 Å². The highest BCUT2D eigenvalue weighted by molar-refractivity contribution is 6.30. The lowest BCUT2D eigenvalue weighted by Crippen LogP contribution is -2.28. The summed E-state index contributed by atoms with van der Waals surface area (Å²) in [5.74, 6) is -0.731. The molecule has 0 saturated carbocycles. The SMILES string of the molecule is O=C(NCCOCCCl)c1ccc(Cl)cc1F. The van der Waals surface area contributed by atoms with Crippen molar-refractivity contribution in [2.24, 2.45) is 0 Å². The highest BCUT2D eigenvalue weighted by Crippen LogP contribution is 2.14. The number of carbonyl (C=O) groups excluding carboxylic acids is 1. The monoisotopic (exact) mass is 279 g/mol. The van der Waals surface area contributed by atoms with Crippen LogP contribution in [0.3, 0.4) is 0 Å². The minimum atomic E-state index is -0.642. The summed E-state index contributed by atoms with van der Waals surface area (Å²) in [6.45, 7) is 1.07. The zero-order valence-corrected chi connectivity index (χ0v) is 10.5. The highest BCUT2D eigenvalue weighted by atomic mass is 35.5. The number of halogens is 3. The number of nitrogens with one attached hydrogen (secondary N) is 1. The Morgan fingerprint density at radius 3 is 2.82 bits per heavy atom. The van der Waals surface area contributed by atoms with Crippen LogP contribution in [0, 0.1) is 5.82 Å². The molecule has 0 radical (unpaired) electrons. The molecule has 1 N–H and O–H groups in total. The molecular weight excluding hydrogens is 268 g/mol. The molecule has 94 valence electrons. The summed E-state index contributed by atoms with van der Waals surface area (Å²) < 4.78 is 18.4. The van der Waals surface area contributed by atoms with Gasteiger partial charge in [0, 0.05) is 17.4 Å². The second-order valence-electron chi connectivity index (χ2n) is 3.18. The fraction of sp³-hybridized carbons (Fsp3) is 0.364. The van der Waals surface area contributed by atoms with Crippen molar-refractivity contribution in [1.29, 1.82) is 0 Å². The van der Waals surface area contributed by atoms with Crippen molar-refractivity contribution >= 4 is 29.1 Å². The van der Waals surface area contributed by atoms with Crippen molar-refractivity contribution < 1.29 is 13.9 Å². The molecule has 0 aromatic heterocycles. The zero-order chi connectivity index (χ0) is 12.7. The standard InChI is InChI=1S/C11H12Cl2FNO2/c12-3-5-17-6-4-15-11(16)9-2-1-8(13)7-10(9)14/h1-2,7H,3-6H2,(H,15,16). The molecule has 0 unspecified atom stereocenters. The Morgan fingerprint density at radius 1 is 1.41 bits per heavy atom. The number of ether oxygens (including phenoxy) is 1. The van der Waals surface area contributed by atoms with E-state index in [0.29, 0.717) is 25.6 Å². The van der Waals surface area contributed by atoms with Crippen LogP contribution >= 0.6 is 23.2 Å². The van der Waals surface area contributed by atoms with Gasteiger partial charge in [-0.25, -0.2) is 4.39 Å².